The Morgan fingerprint density at radius 1 is 0.808 bits per heavy atom. The summed E-state index contributed by atoms with van der Waals surface area (Å²) in [7, 11) is 0. The summed E-state index contributed by atoms with van der Waals surface area (Å²) in [6.07, 6.45) is 0.736. The average Bonchev–Trinajstić information content (AvgIpc) is 2.61. The minimum Gasteiger partial charge on any atom is -1.00 e. The largest absolute Gasteiger partial charge is 1.00 e. The molecule has 0 spiro atoms. The molecule has 0 bridgehead atoms. The zero-order valence-electron chi connectivity index (χ0n) is 14.8. The standard InChI is InChI=1S/C8H19NO3.C7H16ClNO3.CH4.ClH/c1-2-8(12)5-9-7(6-11)3-4-10;8-3-7(12)4-9-6(5-11)1-2-10;;/h7-12H,2-6H2,1H3;6-7,9-12H,1-5H2;1H4;1H/p-1. The van der Waals surface area contributed by atoms with Gasteiger partial charge in [0.25, 0.3) is 0 Å². The van der Waals surface area contributed by atoms with Crippen LogP contribution in [0.5, 0.6) is 0 Å². The van der Waals surface area contributed by atoms with E-state index < -0.39 is 6.10 Å². The Kier molecular flexibility index (Phi) is 32.9. The summed E-state index contributed by atoms with van der Waals surface area (Å²) in [6, 6.07) is -0.260. The molecule has 0 fully saturated rings. The van der Waals surface area contributed by atoms with Gasteiger partial charge in [0.15, 0.2) is 0 Å². The number of rotatable bonds is 14. The second-order valence-corrected chi connectivity index (χ2v) is 5.78. The van der Waals surface area contributed by atoms with Crippen molar-refractivity contribution in [3.63, 3.8) is 0 Å². The molecule has 8 N–H and O–H groups in total. The lowest BCUT2D eigenvalue weighted by atomic mass is 10.2. The lowest BCUT2D eigenvalue weighted by molar-refractivity contribution is -0.0000133. The number of aliphatic hydroxyl groups excluding tert-OH is 6. The predicted molar refractivity (Wildman–Crippen MR) is 101 cm³/mol. The third-order valence-electron chi connectivity index (χ3n) is 3.33. The summed E-state index contributed by atoms with van der Waals surface area (Å²) in [5.41, 5.74) is 0. The van der Waals surface area contributed by atoms with Crippen LogP contribution in [0, 0.1) is 0 Å². The van der Waals surface area contributed by atoms with E-state index in [2.05, 4.69) is 10.6 Å². The van der Waals surface area contributed by atoms with E-state index in [-0.39, 0.29) is 70.3 Å². The highest BCUT2D eigenvalue weighted by molar-refractivity contribution is 6.18. The molecule has 8 nitrogen and oxygen atoms in total. The first kappa shape index (κ1) is 33.8. The van der Waals surface area contributed by atoms with E-state index in [0.29, 0.717) is 32.4 Å². The first-order valence-electron chi connectivity index (χ1n) is 8.31. The number of alkyl halides is 1. The third-order valence-corrected chi connectivity index (χ3v) is 3.69. The smallest absolute Gasteiger partial charge is 0.0799 e. The predicted octanol–water partition coefficient (Wildman–Crippen LogP) is -4.35. The van der Waals surface area contributed by atoms with Gasteiger partial charge in [-0.1, -0.05) is 14.4 Å². The maximum absolute atomic E-state index is 9.16. The fourth-order valence-corrected chi connectivity index (χ4v) is 1.74. The highest BCUT2D eigenvalue weighted by Crippen LogP contribution is 1.93. The van der Waals surface area contributed by atoms with Gasteiger partial charge >= 0.3 is 0 Å². The second-order valence-electron chi connectivity index (χ2n) is 5.47. The zero-order chi connectivity index (χ0) is 18.8. The van der Waals surface area contributed by atoms with E-state index >= 15 is 0 Å². The van der Waals surface area contributed by atoms with Gasteiger partial charge in [0.05, 0.1) is 25.4 Å². The molecule has 0 saturated heterocycles. The minimum atomic E-state index is -0.598. The summed E-state index contributed by atoms with van der Waals surface area (Å²) in [5.74, 6) is 0.171. The molecule has 0 rings (SSSR count). The van der Waals surface area contributed by atoms with Gasteiger partial charge in [0.1, 0.15) is 0 Å². The second kappa shape index (κ2) is 25.3. The van der Waals surface area contributed by atoms with Crippen molar-refractivity contribution in [1.29, 1.82) is 0 Å². The van der Waals surface area contributed by atoms with Gasteiger partial charge in [0.2, 0.25) is 0 Å². The maximum Gasteiger partial charge on any atom is 0.0799 e. The molecule has 0 aromatic rings. The number of hydrogen-bond donors (Lipinski definition) is 8. The maximum atomic E-state index is 9.16. The van der Waals surface area contributed by atoms with Gasteiger partial charge in [-0.25, -0.2) is 0 Å². The molecule has 0 aliphatic carbocycles. The molecular weight excluding hydrogens is 387 g/mol. The van der Waals surface area contributed by atoms with Crippen molar-refractivity contribution in [1.82, 2.24) is 10.6 Å². The molecular formula is C16H39Cl2N2O6-. The first-order chi connectivity index (χ1) is 11.5. The third kappa shape index (κ3) is 22.3. The van der Waals surface area contributed by atoms with Gasteiger partial charge in [-0.15, -0.1) is 11.6 Å². The van der Waals surface area contributed by atoms with Crippen molar-refractivity contribution in [2.75, 3.05) is 45.4 Å². The number of halogens is 2. The van der Waals surface area contributed by atoms with E-state index in [1.807, 2.05) is 6.92 Å². The van der Waals surface area contributed by atoms with Crippen molar-refractivity contribution in [3.05, 3.63) is 0 Å². The van der Waals surface area contributed by atoms with E-state index in [1.165, 1.54) is 0 Å². The Bertz CT molecular complexity index is 235. The highest BCUT2D eigenvalue weighted by atomic mass is 35.5. The van der Waals surface area contributed by atoms with Crippen molar-refractivity contribution in [3.8, 4) is 0 Å². The Balaban J connectivity index is -0.000000173. The molecule has 26 heavy (non-hydrogen) atoms. The molecule has 0 aliphatic rings. The molecule has 0 radical (unpaired) electrons. The monoisotopic (exact) mass is 425 g/mol. The summed E-state index contributed by atoms with van der Waals surface area (Å²) < 4.78 is 0. The summed E-state index contributed by atoms with van der Waals surface area (Å²) in [5, 5.41) is 58.7. The fourth-order valence-electron chi connectivity index (χ4n) is 1.63. The van der Waals surface area contributed by atoms with Crippen LogP contribution >= 0.6 is 11.6 Å². The van der Waals surface area contributed by atoms with Gasteiger partial charge < -0.3 is 53.7 Å². The van der Waals surface area contributed by atoms with Crippen LogP contribution < -0.4 is 23.0 Å². The van der Waals surface area contributed by atoms with Gasteiger partial charge in [-0.2, -0.15) is 0 Å². The highest BCUT2D eigenvalue weighted by Gasteiger charge is 2.08. The summed E-state index contributed by atoms with van der Waals surface area (Å²) in [4.78, 5) is 0. The van der Waals surface area contributed by atoms with E-state index in [1.54, 1.807) is 0 Å². The quantitative estimate of drug-likeness (QED) is 0.130. The van der Waals surface area contributed by atoms with Crippen molar-refractivity contribution < 1.29 is 43.0 Å². The Morgan fingerprint density at radius 3 is 1.46 bits per heavy atom. The zero-order valence-corrected chi connectivity index (χ0v) is 16.3. The first-order valence-corrected chi connectivity index (χ1v) is 8.84. The average molecular weight is 426 g/mol. The lowest BCUT2D eigenvalue weighted by Gasteiger charge is -2.16. The molecule has 0 aromatic heterocycles. The van der Waals surface area contributed by atoms with Crippen LogP contribution in [0.3, 0.4) is 0 Å². The SMILES string of the molecule is C.CCC(O)CNC(CO)CCO.OCCC(CO)NCC(O)CCl.[Cl-]. The van der Waals surface area contributed by atoms with E-state index in [0.717, 1.165) is 0 Å². The molecule has 10 heteroatoms. The molecule has 4 atom stereocenters. The van der Waals surface area contributed by atoms with Gasteiger partial charge in [-0.05, 0) is 19.3 Å². The molecule has 0 heterocycles. The van der Waals surface area contributed by atoms with Crippen LogP contribution in [0.4, 0.5) is 0 Å². The van der Waals surface area contributed by atoms with Crippen LogP contribution in [0.1, 0.15) is 33.6 Å². The molecule has 164 valence electrons. The summed E-state index contributed by atoms with van der Waals surface area (Å²) in [6.45, 7) is 2.74. The fraction of sp³-hybridized carbons (Fsp3) is 1.00. The van der Waals surface area contributed by atoms with Crippen LogP contribution in [0.2, 0.25) is 0 Å². The van der Waals surface area contributed by atoms with Gasteiger partial charge in [-0.3, -0.25) is 0 Å². The Hall–Kier alpha value is 0.260. The Morgan fingerprint density at radius 2 is 1.19 bits per heavy atom. The molecule has 0 aliphatic heterocycles. The van der Waals surface area contributed by atoms with Crippen LogP contribution in [-0.2, 0) is 0 Å². The number of aliphatic hydroxyl groups is 6. The van der Waals surface area contributed by atoms with E-state index in [9.17, 15) is 0 Å². The topological polar surface area (TPSA) is 145 Å². The molecule has 0 saturated carbocycles. The number of hydrogen-bond acceptors (Lipinski definition) is 8. The minimum absolute atomic E-state index is 0. The Labute approximate surface area is 169 Å². The molecule has 0 amide bonds. The normalized spacial score (nSPS) is 14.8. The van der Waals surface area contributed by atoms with Crippen molar-refractivity contribution in [2.45, 2.75) is 57.9 Å². The van der Waals surface area contributed by atoms with Gasteiger partial charge in [0, 0.05) is 44.3 Å². The number of nitrogens with one attached hydrogen (secondary N) is 2. The van der Waals surface area contributed by atoms with Crippen molar-refractivity contribution in [2.24, 2.45) is 0 Å². The lowest BCUT2D eigenvalue weighted by Crippen LogP contribution is -3.00. The van der Waals surface area contributed by atoms with Crippen LogP contribution in [0.15, 0.2) is 0 Å². The van der Waals surface area contributed by atoms with Crippen LogP contribution in [-0.4, -0.2) is 100 Å². The molecule has 4 unspecified atom stereocenters. The van der Waals surface area contributed by atoms with Crippen LogP contribution in [0.25, 0.3) is 0 Å². The summed E-state index contributed by atoms with van der Waals surface area (Å²) >= 11 is 5.35. The van der Waals surface area contributed by atoms with Crippen molar-refractivity contribution >= 4 is 11.6 Å². The van der Waals surface area contributed by atoms with E-state index in [4.69, 9.17) is 42.2 Å². The molecule has 0 aromatic carbocycles.